The van der Waals surface area contributed by atoms with E-state index in [1.807, 2.05) is 0 Å². The lowest BCUT2D eigenvalue weighted by molar-refractivity contribution is 0.192. The summed E-state index contributed by atoms with van der Waals surface area (Å²) in [6, 6.07) is 0. The standard InChI is InChI=1S/C9H18O3S/c1-2-3-4-6-9-7-5-8-11-13(10)12-9/h9H,2-8H2,1H3. The van der Waals surface area contributed by atoms with Crippen molar-refractivity contribution < 1.29 is 12.6 Å². The molecule has 0 aromatic rings. The van der Waals surface area contributed by atoms with Crippen LogP contribution < -0.4 is 0 Å². The Hall–Kier alpha value is 0.0700. The molecule has 0 N–H and O–H groups in total. The van der Waals surface area contributed by atoms with E-state index in [0.717, 1.165) is 19.3 Å². The van der Waals surface area contributed by atoms with Crippen molar-refractivity contribution in [2.75, 3.05) is 6.61 Å². The van der Waals surface area contributed by atoms with Gasteiger partial charge in [0, 0.05) is 0 Å². The van der Waals surface area contributed by atoms with Gasteiger partial charge in [0.15, 0.2) is 0 Å². The van der Waals surface area contributed by atoms with E-state index in [1.165, 1.54) is 19.3 Å². The summed E-state index contributed by atoms with van der Waals surface area (Å²) in [5.41, 5.74) is 0. The zero-order valence-electron chi connectivity index (χ0n) is 8.16. The van der Waals surface area contributed by atoms with E-state index in [4.69, 9.17) is 8.37 Å². The van der Waals surface area contributed by atoms with E-state index in [1.54, 1.807) is 0 Å². The second kappa shape index (κ2) is 6.51. The van der Waals surface area contributed by atoms with Crippen molar-refractivity contribution >= 4 is 11.4 Å². The van der Waals surface area contributed by atoms with Gasteiger partial charge in [-0.25, -0.2) is 0 Å². The third-order valence-electron chi connectivity index (χ3n) is 2.19. The van der Waals surface area contributed by atoms with E-state index in [0.29, 0.717) is 6.61 Å². The van der Waals surface area contributed by atoms with Crippen molar-refractivity contribution in [3.63, 3.8) is 0 Å². The van der Waals surface area contributed by atoms with Crippen LogP contribution in [0.5, 0.6) is 0 Å². The van der Waals surface area contributed by atoms with Crippen LogP contribution >= 0.6 is 0 Å². The van der Waals surface area contributed by atoms with Crippen molar-refractivity contribution in [1.82, 2.24) is 0 Å². The highest BCUT2D eigenvalue weighted by molar-refractivity contribution is 7.75. The van der Waals surface area contributed by atoms with Crippen LogP contribution in [0.15, 0.2) is 0 Å². The summed E-state index contributed by atoms with van der Waals surface area (Å²) in [6.07, 6.45) is 6.72. The second-order valence-corrected chi connectivity index (χ2v) is 4.22. The Kier molecular flexibility index (Phi) is 5.58. The van der Waals surface area contributed by atoms with Crippen molar-refractivity contribution in [3.8, 4) is 0 Å². The Balaban J connectivity index is 2.19. The van der Waals surface area contributed by atoms with Gasteiger partial charge in [0.2, 0.25) is 0 Å². The molecule has 4 heteroatoms. The van der Waals surface area contributed by atoms with Gasteiger partial charge in [-0.2, -0.15) is 4.21 Å². The van der Waals surface area contributed by atoms with Gasteiger partial charge in [-0.1, -0.05) is 26.2 Å². The first-order valence-electron chi connectivity index (χ1n) is 5.05. The lowest BCUT2D eigenvalue weighted by Gasteiger charge is -2.11. The Bertz CT molecular complexity index is 161. The molecular weight excluding hydrogens is 188 g/mol. The lowest BCUT2D eigenvalue weighted by atomic mass is 10.1. The fourth-order valence-electron chi connectivity index (χ4n) is 1.44. The summed E-state index contributed by atoms with van der Waals surface area (Å²) in [5, 5.41) is 0. The maximum atomic E-state index is 11.0. The van der Waals surface area contributed by atoms with Crippen LogP contribution in [0.3, 0.4) is 0 Å². The minimum Gasteiger partial charge on any atom is -0.268 e. The number of hydrogen-bond acceptors (Lipinski definition) is 3. The Labute approximate surface area is 82.7 Å². The molecule has 1 rings (SSSR count). The van der Waals surface area contributed by atoms with Gasteiger partial charge in [-0.05, 0) is 19.3 Å². The van der Waals surface area contributed by atoms with E-state index >= 15 is 0 Å². The minimum atomic E-state index is -1.49. The smallest absolute Gasteiger partial charge is 0.268 e. The van der Waals surface area contributed by atoms with Crippen molar-refractivity contribution in [1.29, 1.82) is 0 Å². The lowest BCUT2D eigenvalue weighted by Crippen LogP contribution is -2.12. The van der Waals surface area contributed by atoms with Crippen LogP contribution in [0.4, 0.5) is 0 Å². The predicted octanol–water partition coefficient (Wildman–Crippen LogP) is 2.34. The topological polar surface area (TPSA) is 35.5 Å². The summed E-state index contributed by atoms with van der Waals surface area (Å²) in [6.45, 7) is 2.74. The van der Waals surface area contributed by atoms with Crippen LogP contribution in [0, 0.1) is 0 Å². The summed E-state index contributed by atoms with van der Waals surface area (Å²) >= 11 is -1.49. The number of hydrogen-bond donors (Lipinski definition) is 0. The monoisotopic (exact) mass is 206 g/mol. The van der Waals surface area contributed by atoms with E-state index in [-0.39, 0.29) is 6.10 Å². The molecule has 78 valence electrons. The first-order valence-corrected chi connectivity index (χ1v) is 6.05. The van der Waals surface area contributed by atoms with Gasteiger partial charge in [-0.3, -0.25) is 8.37 Å². The fraction of sp³-hybridized carbons (Fsp3) is 1.00. The van der Waals surface area contributed by atoms with Gasteiger partial charge in [0.25, 0.3) is 0 Å². The molecule has 1 heterocycles. The highest BCUT2D eigenvalue weighted by atomic mass is 32.2. The fourth-order valence-corrected chi connectivity index (χ4v) is 2.16. The van der Waals surface area contributed by atoms with Crippen LogP contribution in [-0.4, -0.2) is 16.9 Å². The molecule has 2 unspecified atom stereocenters. The zero-order chi connectivity index (χ0) is 9.52. The predicted molar refractivity (Wildman–Crippen MR) is 52.3 cm³/mol. The average molecular weight is 206 g/mol. The maximum Gasteiger partial charge on any atom is 0.304 e. The van der Waals surface area contributed by atoms with Crippen LogP contribution in [0.2, 0.25) is 0 Å². The number of rotatable bonds is 4. The first kappa shape index (κ1) is 11.1. The zero-order valence-corrected chi connectivity index (χ0v) is 8.98. The van der Waals surface area contributed by atoms with Crippen molar-refractivity contribution in [2.24, 2.45) is 0 Å². The van der Waals surface area contributed by atoms with E-state index in [9.17, 15) is 4.21 Å². The molecule has 0 saturated carbocycles. The summed E-state index contributed by atoms with van der Waals surface area (Å²) in [5.74, 6) is 0. The Morgan fingerprint density at radius 2 is 2.31 bits per heavy atom. The Morgan fingerprint density at radius 3 is 3.08 bits per heavy atom. The highest BCUT2D eigenvalue weighted by Crippen LogP contribution is 2.17. The molecule has 0 radical (unpaired) electrons. The van der Waals surface area contributed by atoms with Gasteiger partial charge < -0.3 is 0 Å². The van der Waals surface area contributed by atoms with Crippen LogP contribution in [0.25, 0.3) is 0 Å². The minimum absolute atomic E-state index is 0.148. The molecule has 0 aromatic heterocycles. The molecule has 1 aliphatic rings. The van der Waals surface area contributed by atoms with Crippen molar-refractivity contribution in [2.45, 2.75) is 51.6 Å². The molecule has 2 atom stereocenters. The summed E-state index contributed by atoms with van der Waals surface area (Å²) < 4.78 is 21.1. The molecule has 13 heavy (non-hydrogen) atoms. The van der Waals surface area contributed by atoms with Crippen LogP contribution in [0.1, 0.15) is 45.4 Å². The third kappa shape index (κ3) is 4.74. The van der Waals surface area contributed by atoms with E-state index in [2.05, 4.69) is 6.92 Å². The first-order chi connectivity index (χ1) is 6.33. The molecule has 0 aliphatic carbocycles. The summed E-state index contributed by atoms with van der Waals surface area (Å²) in [4.78, 5) is 0. The van der Waals surface area contributed by atoms with Crippen molar-refractivity contribution in [3.05, 3.63) is 0 Å². The second-order valence-electron chi connectivity index (χ2n) is 3.38. The normalized spacial score (nSPS) is 29.9. The molecule has 0 spiro atoms. The maximum absolute atomic E-state index is 11.0. The largest absolute Gasteiger partial charge is 0.304 e. The molecule has 0 amide bonds. The van der Waals surface area contributed by atoms with Crippen LogP contribution in [-0.2, 0) is 19.7 Å². The molecule has 0 aromatic carbocycles. The Morgan fingerprint density at radius 1 is 1.46 bits per heavy atom. The van der Waals surface area contributed by atoms with Gasteiger partial charge in [0.1, 0.15) is 0 Å². The van der Waals surface area contributed by atoms with Gasteiger partial charge in [-0.15, -0.1) is 0 Å². The molecule has 1 saturated heterocycles. The molecule has 1 fully saturated rings. The highest BCUT2D eigenvalue weighted by Gasteiger charge is 2.17. The molecule has 1 aliphatic heterocycles. The molecule has 3 nitrogen and oxygen atoms in total. The third-order valence-corrected chi connectivity index (χ3v) is 2.98. The van der Waals surface area contributed by atoms with E-state index < -0.39 is 11.4 Å². The number of unbranched alkanes of at least 4 members (excludes halogenated alkanes) is 2. The SMILES string of the molecule is CCCCCC1CCCOS(=O)O1. The van der Waals surface area contributed by atoms with Gasteiger partial charge >= 0.3 is 11.4 Å². The summed E-state index contributed by atoms with van der Waals surface area (Å²) in [7, 11) is 0. The molecule has 0 bridgehead atoms. The van der Waals surface area contributed by atoms with Gasteiger partial charge in [0.05, 0.1) is 12.7 Å². The average Bonchev–Trinajstić information content (AvgIpc) is 2.31. The quantitative estimate of drug-likeness (QED) is 0.662. The molecular formula is C9H18O3S.